The van der Waals surface area contributed by atoms with E-state index < -0.39 is 0 Å². The fourth-order valence-electron chi connectivity index (χ4n) is 2.75. The van der Waals surface area contributed by atoms with Crippen molar-refractivity contribution in [1.82, 2.24) is 10.3 Å². The normalized spacial score (nSPS) is 10.9. The molecule has 0 aliphatic heterocycles. The smallest absolute Gasteiger partial charge is 0.255 e. The van der Waals surface area contributed by atoms with Gasteiger partial charge in [-0.05, 0) is 49.6 Å². The van der Waals surface area contributed by atoms with Crippen LogP contribution in [0.3, 0.4) is 0 Å². The lowest BCUT2D eigenvalue weighted by Crippen LogP contribution is -2.25. The van der Waals surface area contributed by atoms with E-state index in [0.717, 1.165) is 11.9 Å². The summed E-state index contributed by atoms with van der Waals surface area (Å²) >= 11 is 0. The number of carbonyl (C=O) groups excluding carboxylic acids is 1. The maximum atomic E-state index is 12.2. The summed E-state index contributed by atoms with van der Waals surface area (Å²) in [6, 6.07) is 11.5. The summed E-state index contributed by atoms with van der Waals surface area (Å²) in [7, 11) is 0. The van der Waals surface area contributed by atoms with E-state index in [1.165, 1.54) is 16.5 Å². The SMILES string of the molecule is Cc1ccc2[nH]cc(CCNC(=O)c3cccc(C)c3O)c2c1. The van der Waals surface area contributed by atoms with Crippen LogP contribution in [0.15, 0.2) is 42.6 Å². The lowest BCUT2D eigenvalue weighted by Gasteiger charge is -2.08. The first kappa shape index (κ1) is 15.2. The topological polar surface area (TPSA) is 65.1 Å². The number of hydrogen-bond donors (Lipinski definition) is 3. The summed E-state index contributed by atoms with van der Waals surface area (Å²) in [6.07, 6.45) is 2.72. The Balaban J connectivity index is 1.68. The fraction of sp³-hybridized carbons (Fsp3) is 0.211. The van der Waals surface area contributed by atoms with E-state index in [-0.39, 0.29) is 11.7 Å². The van der Waals surface area contributed by atoms with Gasteiger partial charge in [0, 0.05) is 23.6 Å². The van der Waals surface area contributed by atoms with E-state index in [4.69, 9.17) is 0 Å². The molecule has 3 N–H and O–H groups in total. The van der Waals surface area contributed by atoms with Crippen molar-refractivity contribution in [2.45, 2.75) is 20.3 Å². The first-order chi connectivity index (χ1) is 11.1. The van der Waals surface area contributed by atoms with Crippen LogP contribution in [-0.4, -0.2) is 22.5 Å². The molecule has 1 heterocycles. The van der Waals surface area contributed by atoms with E-state index in [9.17, 15) is 9.90 Å². The lowest BCUT2D eigenvalue weighted by molar-refractivity contribution is 0.0951. The largest absolute Gasteiger partial charge is 0.507 e. The van der Waals surface area contributed by atoms with E-state index in [1.54, 1.807) is 25.1 Å². The van der Waals surface area contributed by atoms with Gasteiger partial charge in [-0.3, -0.25) is 4.79 Å². The number of aryl methyl sites for hydroxylation is 2. The Hall–Kier alpha value is -2.75. The van der Waals surface area contributed by atoms with Crippen molar-refractivity contribution in [2.24, 2.45) is 0 Å². The number of hydrogen-bond acceptors (Lipinski definition) is 2. The Kier molecular flexibility index (Phi) is 4.06. The molecule has 0 radical (unpaired) electrons. The van der Waals surface area contributed by atoms with Gasteiger partial charge in [0.25, 0.3) is 5.91 Å². The molecule has 2 aromatic carbocycles. The summed E-state index contributed by atoms with van der Waals surface area (Å²) in [5.41, 5.74) is 4.52. The number of aromatic hydroxyl groups is 1. The zero-order chi connectivity index (χ0) is 16.4. The number of aromatic amines is 1. The number of fused-ring (bicyclic) bond motifs is 1. The van der Waals surface area contributed by atoms with Gasteiger partial charge in [0.1, 0.15) is 5.75 Å². The molecule has 3 rings (SSSR count). The van der Waals surface area contributed by atoms with Crippen LogP contribution >= 0.6 is 0 Å². The van der Waals surface area contributed by atoms with Crippen LogP contribution in [0.2, 0.25) is 0 Å². The Bertz CT molecular complexity index is 865. The van der Waals surface area contributed by atoms with Crippen LogP contribution in [0, 0.1) is 13.8 Å². The Morgan fingerprint density at radius 2 is 2.04 bits per heavy atom. The fourth-order valence-corrected chi connectivity index (χ4v) is 2.75. The number of phenolic OH excluding ortho intramolecular Hbond substituents is 1. The summed E-state index contributed by atoms with van der Waals surface area (Å²) in [5.74, 6) is -0.199. The third-order valence-electron chi connectivity index (χ3n) is 4.09. The van der Waals surface area contributed by atoms with Gasteiger partial charge in [-0.25, -0.2) is 0 Å². The van der Waals surface area contributed by atoms with Gasteiger partial charge in [-0.15, -0.1) is 0 Å². The number of phenols is 1. The maximum Gasteiger partial charge on any atom is 0.255 e. The average Bonchev–Trinajstić information content (AvgIpc) is 2.92. The maximum absolute atomic E-state index is 12.2. The van der Waals surface area contributed by atoms with E-state index in [0.29, 0.717) is 17.7 Å². The van der Waals surface area contributed by atoms with Crippen molar-refractivity contribution in [3.05, 3.63) is 64.8 Å². The molecule has 0 bridgehead atoms. The van der Waals surface area contributed by atoms with Crippen LogP contribution < -0.4 is 5.32 Å². The van der Waals surface area contributed by atoms with Gasteiger partial charge < -0.3 is 15.4 Å². The minimum absolute atomic E-state index is 0.0488. The quantitative estimate of drug-likeness (QED) is 0.691. The summed E-state index contributed by atoms with van der Waals surface area (Å²) in [5, 5.41) is 14.0. The molecule has 1 amide bonds. The zero-order valence-electron chi connectivity index (χ0n) is 13.3. The molecule has 1 aromatic heterocycles. The predicted octanol–water partition coefficient (Wildman–Crippen LogP) is 3.46. The van der Waals surface area contributed by atoms with Crippen LogP contribution in [0.5, 0.6) is 5.75 Å². The number of carbonyl (C=O) groups is 1. The van der Waals surface area contributed by atoms with Crippen molar-refractivity contribution in [3.63, 3.8) is 0 Å². The van der Waals surface area contributed by atoms with Gasteiger partial charge >= 0.3 is 0 Å². The monoisotopic (exact) mass is 308 g/mol. The zero-order valence-corrected chi connectivity index (χ0v) is 13.3. The van der Waals surface area contributed by atoms with Gasteiger partial charge in [-0.1, -0.05) is 23.8 Å². The van der Waals surface area contributed by atoms with Crippen LogP contribution in [-0.2, 0) is 6.42 Å². The molecule has 0 aliphatic carbocycles. The molecule has 0 unspecified atom stereocenters. The van der Waals surface area contributed by atoms with Crippen molar-refractivity contribution in [3.8, 4) is 5.75 Å². The molecule has 4 nitrogen and oxygen atoms in total. The molecule has 23 heavy (non-hydrogen) atoms. The third-order valence-corrected chi connectivity index (χ3v) is 4.09. The van der Waals surface area contributed by atoms with Crippen LogP contribution in [0.25, 0.3) is 10.9 Å². The Labute approximate surface area is 135 Å². The number of benzene rings is 2. The van der Waals surface area contributed by atoms with Gasteiger partial charge in [0.2, 0.25) is 0 Å². The number of nitrogens with one attached hydrogen (secondary N) is 2. The molecule has 4 heteroatoms. The summed E-state index contributed by atoms with van der Waals surface area (Å²) in [6.45, 7) is 4.37. The highest BCUT2D eigenvalue weighted by Crippen LogP contribution is 2.22. The van der Waals surface area contributed by atoms with Gasteiger partial charge in [0.15, 0.2) is 0 Å². The van der Waals surface area contributed by atoms with Crippen LogP contribution in [0.1, 0.15) is 27.0 Å². The molecular weight excluding hydrogens is 288 g/mol. The lowest BCUT2D eigenvalue weighted by atomic mass is 10.1. The molecular formula is C19H20N2O2. The highest BCUT2D eigenvalue weighted by Gasteiger charge is 2.12. The number of para-hydroxylation sites is 1. The minimum atomic E-state index is -0.248. The van der Waals surface area contributed by atoms with Gasteiger partial charge in [-0.2, -0.15) is 0 Å². The minimum Gasteiger partial charge on any atom is -0.507 e. The average molecular weight is 308 g/mol. The summed E-state index contributed by atoms with van der Waals surface area (Å²) in [4.78, 5) is 15.4. The van der Waals surface area contributed by atoms with Gasteiger partial charge in [0.05, 0.1) is 5.56 Å². The van der Waals surface area contributed by atoms with E-state index in [2.05, 4.69) is 35.4 Å². The second-order valence-electron chi connectivity index (χ2n) is 5.84. The van der Waals surface area contributed by atoms with Crippen molar-refractivity contribution < 1.29 is 9.90 Å². The molecule has 0 aliphatic rings. The molecule has 118 valence electrons. The van der Waals surface area contributed by atoms with Crippen molar-refractivity contribution >= 4 is 16.8 Å². The molecule has 0 fully saturated rings. The van der Waals surface area contributed by atoms with Crippen LogP contribution in [0.4, 0.5) is 0 Å². The predicted molar refractivity (Wildman–Crippen MR) is 91.9 cm³/mol. The second-order valence-corrected chi connectivity index (χ2v) is 5.84. The second kappa shape index (κ2) is 6.16. The molecule has 0 atom stereocenters. The van der Waals surface area contributed by atoms with Crippen molar-refractivity contribution in [1.29, 1.82) is 0 Å². The third kappa shape index (κ3) is 3.06. The molecule has 3 aromatic rings. The van der Waals surface area contributed by atoms with E-state index >= 15 is 0 Å². The number of rotatable bonds is 4. The highest BCUT2D eigenvalue weighted by molar-refractivity contribution is 5.97. The Morgan fingerprint density at radius 1 is 1.22 bits per heavy atom. The Morgan fingerprint density at radius 3 is 2.87 bits per heavy atom. The number of aromatic nitrogens is 1. The molecule has 0 saturated carbocycles. The standard InChI is InChI=1S/C19H20N2O2/c1-12-6-7-17-16(10-12)14(11-21-17)8-9-20-19(23)15-5-3-4-13(2)18(15)22/h3-7,10-11,21-22H,8-9H2,1-2H3,(H,20,23). The first-order valence-corrected chi connectivity index (χ1v) is 7.69. The van der Waals surface area contributed by atoms with E-state index in [1.807, 2.05) is 6.20 Å². The molecule has 0 spiro atoms. The first-order valence-electron chi connectivity index (χ1n) is 7.69. The number of H-pyrrole nitrogens is 1. The number of amides is 1. The van der Waals surface area contributed by atoms with Crippen molar-refractivity contribution in [2.75, 3.05) is 6.54 Å². The molecule has 0 saturated heterocycles. The highest BCUT2D eigenvalue weighted by atomic mass is 16.3. The summed E-state index contributed by atoms with van der Waals surface area (Å²) < 4.78 is 0.